The van der Waals surface area contributed by atoms with E-state index in [2.05, 4.69) is 36.1 Å². The third kappa shape index (κ3) is 2.71. The molecule has 0 unspecified atom stereocenters. The number of aromatic amines is 1. The van der Waals surface area contributed by atoms with E-state index in [9.17, 15) is 0 Å². The number of hydrogen-bond acceptors (Lipinski definition) is 5. The molecule has 1 N–H and O–H groups in total. The fourth-order valence-corrected chi connectivity index (χ4v) is 4.28. The number of imidazole rings is 1. The molecule has 6 heteroatoms. The van der Waals surface area contributed by atoms with Crippen LogP contribution >= 0.6 is 0 Å². The summed E-state index contributed by atoms with van der Waals surface area (Å²) in [4.78, 5) is 13.1. The zero-order valence-corrected chi connectivity index (χ0v) is 16.5. The number of benzene rings is 1. The van der Waals surface area contributed by atoms with Crippen molar-refractivity contribution >= 4 is 21.9 Å². The number of hydrogen-bond donors (Lipinski definition) is 1. The van der Waals surface area contributed by atoms with Gasteiger partial charge in [0, 0.05) is 36.5 Å². The molecule has 1 aliphatic rings. The molecule has 1 fully saturated rings. The highest BCUT2D eigenvalue weighted by molar-refractivity contribution is 6.03. The number of rotatable bonds is 3. The first-order valence-electron chi connectivity index (χ1n) is 9.98. The van der Waals surface area contributed by atoms with Gasteiger partial charge in [-0.3, -0.25) is 4.98 Å². The lowest BCUT2D eigenvalue weighted by Crippen LogP contribution is -2.15. The van der Waals surface area contributed by atoms with E-state index < -0.39 is 0 Å². The van der Waals surface area contributed by atoms with E-state index in [1.54, 1.807) is 0 Å². The van der Waals surface area contributed by atoms with Crippen LogP contribution in [0.1, 0.15) is 48.5 Å². The Morgan fingerprint density at radius 2 is 1.96 bits per heavy atom. The highest BCUT2D eigenvalue weighted by atomic mass is 16.5. The Morgan fingerprint density at radius 3 is 2.75 bits per heavy atom. The quantitative estimate of drug-likeness (QED) is 0.554. The van der Waals surface area contributed by atoms with Gasteiger partial charge in [-0.1, -0.05) is 12.1 Å². The molecular formula is C22H24N4O2. The summed E-state index contributed by atoms with van der Waals surface area (Å²) < 4.78 is 11.0. The van der Waals surface area contributed by atoms with Crippen LogP contribution in [-0.2, 0) is 11.2 Å². The van der Waals surface area contributed by atoms with Gasteiger partial charge in [0.2, 0.25) is 0 Å². The average molecular weight is 376 g/mol. The highest BCUT2D eigenvalue weighted by Crippen LogP contribution is 2.35. The molecule has 3 aromatic heterocycles. The molecule has 1 saturated heterocycles. The minimum absolute atomic E-state index is 0.434. The lowest BCUT2D eigenvalue weighted by Gasteiger charge is -2.19. The Kier molecular flexibility index (Phi) is 4.16. The van der Waals surface area contributed by atoms with Crippen LogP contribution in [0.3, 0.4) is 0 Å². The summed E-state index contributed by atoms with van der Waals surface area (Å²) in [5.74, 6) is 2.41. The zero-order valence-electron chi connectivity index (χ0n) is 16.5. The van der Waals surface area contributed by atoms with E-state index in [-0.39, 0.29) is 0 Å². The zero-order chi connectivity index (χ0) is 19.3. The van der Waals surface area contributed by atoms with Gasteiger partial charge in [-0.05, 0) is 49.9 Å². The maximum absolute atomic E-state index is 5.51. The van der Waals surface area contributed by atoms with E-state index in [1.807, 2.05) is 13.1 Å². The predicted octanol–water partition coefficient (Wildman–Crippen LogP) is 4.84. The summed E-state index contributed by atoms with van der Waals surface area (Å²) in [5, 5.41) is 5.28. The van der Waals surface area contributed by atoms with E-state index >= 15 is 0 Å². The molecule has 0 atom stereocenters. The van der Waals surface area contributed by atoms with Crippen LogP contribution < -0.4 is 0 Å². The number of H-pyrrole nitrogens is 1. The van der Waals surface area contributed by atoms with Crippen molar-refractivity contribution in [1.29, 1.82) is 0 Å². The van der Waals surface area contributed by atoms with Gasteiger partial charge in [-0.2, -0.15) is 0 Å². The first-order valence-corrected chi connectivity index (χ1v) is 9.98. The van der Waals surface area contributed by atoms with E-state index in [4.69, 9.17) is 19.2 Å². The van der Waals surface area contributed by atoms with Crippen molar-refractivity contribution in [1.82, 2.24) is 20.1 Å². The molecule has 0 radical (unpaired) electrons. The molecule has 4 aromatic rings. The summed E-state index contributed by atoms with van der Waals surface area (Å²) >= 11 is 0. The van der Waals surface area contributed by atoms with E-state index in [1.165, 1.54) is 5.56 Å². The summed E-state index contributed by atoms with van der Waals surface area (Å²) in [6, 6.07) is 4.36. The van der Waals surface area contributed by atoms with Gasteiger partial charge in [0.05, 0.1) is 22.9 Å². The molecule has 5 rings (SSSR count). The second-order valence-electron chi connectivity index (χ2n) is 7.63. The Morgan fingerprint density at radius 1 is 1.14 bits per heavy atom. The Hall–Kier alpha value is -2.73. The van der Waals surface area contributed by atoms with Crippen LogP contribution in [0.2, 0.25) is 0 Å². The predicted molar refractivity (Wildman–Crippen MR) is 109 cm³/mol. The average Bonchev–Trinajstić information content (AvgIpc) is 3.32. The molecule has 1 aromatic carbocycles. The molecule has 28 heavy (non-hydrogen) atoms. The number of nitrogens with zero attached hydrogens (tertiary/aromatic N) is 3. The molecule has 0 amide bonds. The van der Waals surface area contributed by atoms with E-state index in [0.717, 1.165) is 82.8 Å². The summed E-state index contributed by atoms with van der Waals surface area (Å²) in [6.45, 7) is 7.83. The molecule has 0 saturated carbocycles. The molecule has 0 aliphatic carbocycles. The van der Waals surface area contributed by atoms with Crippen molar-refractivity contribution in [3.05, 3.63) is 41.2 Å². The maximum Gasteiger partial charge on any atom is 0.144 e. The third-order valence-electron chi connectivity index (χ3n) is 5.82. The maximum atomic E-state index is 5.51. The van der Waals surface area contributed by atoms with Crippen LogP contribution in [0.5, 0.6) is 0 Å². The highest BCUT2D eigenvalue weighted by Gasteiger charge is 2.21. The topological polar surface area (TPSA) is 76.8 Å². The Balaban J connectivity index is 1.66. The number of aromatic nitrogens is 4. The van der Waals surface area contributed by atoms with Crippen LogP contribution in [-0.4, -0.2) is 33.3 Å². The monoisotopic (exact) mass is 376 g/mol. The van der Waals surface area contributed by atoms with Crippen LogP contribution in [0.25, 0.3) is 33.1 Å². The van der Waals surface area contributed by atoms with Gasteiger partial charge < -0.3 is 14.2 Å². The summed E-state index contributed by atoms with van der Waals surface area (Å²) in [7, 11) is 0. The van der Waals surface area contributed by atoms with Gasteiger partial charge in [0.1, 0.15) is 17.1 Å². The molecule has 1 aliphatic heterocycles. The number of pyridine rings is 1. The van der Waals surface area contributed by atoms with Crippen molar-refractivity contribution in [3.63, 3.8) is 0 Å². The molecule has 4 heterocycles. The van der Waals surface area contributed by atoms with Crippen LogP contribution in [0.4, 0.5) is 0 Å². The summed E-state index contributed by atoms with van der Waals surface area (Å²) in [6.07, 6.45) is 4.72. The van der Waals surface area contributed by atoms with Gasteiger partial charge in [0.15, 0.2) is 0 Å². The minimum atomic E-state index is 0.434. The number of ether oxygens (including phenoxy) is 1. The fourth-order valence-electron chi connectivity index (χ4n) is 4.28. The first kappa shape index (κ1) is 17.4. The van der Waals surface area contributed by atoms with E-state index in [0.29, 0.717) is 5.92 Å². The molecule has 144 valence electrons. The second kappa shape index (κ2) is 6.71. The van der Waals surface area contributed by atoms with Crippen molar-refractivity contribution in [2.24, 2.45) is 0 Å². The first-order chi connectivity index (χ1) is 13.7. The molecule has 0 spiro atoms. The normalized spacial score (nSPS) is 15.7. The molecule has 6 nitrogen and oxygen atoms in total. The third-order valence-corrected chi connectivity index (χ3v) is 5.82. The van der Waals surface area contributed by atoms with Gasteiger partial charge >= 0.3 is 0 Å². The van der Waals surface area contributed by atoms with Crippen LogP contribution in [0, 0.1) is 13.8 Å². The lowest BCUT2D eigenvalue weighted by molar-refractivity contribution is 0.0838. The number of fused-ring (bicyclic) bond motifs is 3. The fraction of sp³-hybridized carbons (Fsp3) is 0.409. The SMILES string of the molecule is CCc1onc(C)c1-c1cc2ncc3nc(C4CCOCC4)[nH]c3c2cc1C. The standard InChI is InChI=1S/C22H24N4O2/c1-4-19-20(13(3)26-28-19)15-10-17-16(9-12(15)2)21-18(11-23-17)24-22(25-21)14-5-7-27-8-6-14/h9-11,14H,4-8H2,1-3H3,(H,24,25). The van der Waals surface area contributed by atoms with Gasteiger partial charge in [-0.15, -0.1) is 0 Å². The minimum Gasteiger partial charge on any atom is -0.381 e. The Labute approximate surface area is 163 Å². The van der Waals surface area contributed by atoms with Crippen LogP contribution in [0.15, 0.2) is 22.9 Å². The Bertz CT molecular complexity index is 1170. The lowest BCUT2D eigenvalue weighted by atomic mass is 9.96. The number of aryl methyl sites for hydroxylation is 3. The van der Waals surface area contributed by atoms with Crippen molar-refractivity contribution in [2.75, 3.05) is 13.2 Å². The largest absolute Gasteiger partial charge is 0.381 e. The summed E-state index contributed by atoms with van der Waals surface area (Å²) in [5.41, 5.74) is 7.29. The van der Waals surface area contributed by atoms with Gasteiger partial charge in [0.25, 0.3) is 0 Å². The molecule has 0 bridgehead atoms. The van der Waals surface area contributed by atoms with Crippen molar-refractivity contribution in [2.45, 2.75) is 46.0 Å². The van der Waals surface area contributed by atoms with Crippen molar-refractivity contribution < 1.29 is 9.26 Å². The second-order valence-corrected chi connectivity index (χ2v) is 7.63. The van der Waals surface area contributed by atoms with Gasteiger partial charge in [-0.25, -0.2) is 4.98 Å². The number of nitrogens with one attached hydrogen (secondary N) is 1. The smallest absolute Gasteiger partial charge is 0.144 e. The molecular weight excluding hydrogens is 352 g/mol. The van der Waals surface area contributed by atoms with Crippen molar-refractivity contribution in [3.8, 4) is 11.1 Å².